The molecule has 0 aliphatic heterocycles. The fourth-order valence-corrected chi connectivity index (χ4v) is 5.49. The Morgan fingerprint density at radius 2 is 1.75 bits per heavy atom. The Balaban J connectivity index is 1.71. The molecule has 0 unspecified atom stereocenters. The number of ether oxygens (including phenoxy) is 2. The second-order valence-corrected chi connectivity index (χ2v) is 10.7. The van der Waals surface area contributed by atoms with Crippen LogP contribution in [-0.4, -0.2) is 34.3 Å². The van der Waals surface area contributed by atoms with Crippen molar-refractivity contribution < 1.29 is 26.9 Å². The van der Waals surface area contributed by atoms with Crippen LogP contribution in [0, 0.1) is 0 Å². The van der Waals surface area contributed by atoms with Gasteiger partial charge in [-0.15, -0.1) is 0 Å². The van der Waals surface area contributed by atoms with Gasteiger partial charge in [-0.3, -0.25) is 4.79 Å². The molecule has 0 atom stereocenters. The van der Waals surface area contributed by atoms with Gasteiger partial charge in [0.25, 0.3) is 5.91 Å². The van der Waals surface area contributed by atoms with E-state index in [9.17, 15) is 13.2 Å². The van der Waals surface area contributed by atoms with Gasteiger partial charge in [-0.25, -0.2) is 5.43 Å². The standard InChI is InChI=1S/C24H19Br2ClN2O6S/c1-3-10-34-21-9-4-16(13-22(21)33-2)24(30)29-28-14-15-11-19(25)23(20(26)12-15)35-36(31,32)18-7-5-17(27)6-8-18/h3-9,11-14H,1,10H2,2H3,(H,29,30)/b28-14+. The average Bonchev–Trinajstić information content (AvgIpc) is 2.85. The molecule has 1 N–H and O–H groups in total. The Kier molecular flexibility index (Phi) is 9.55. The molecular weight excluding hydrogens is 640 g/mol. The number of hydrogen-bond acceptors (Lipinski definition) is 7. The fraction of sp³-hybridized carbons (Fsp3) is 0.0833. The van der Waals surface area contributed by atoms with Crippen molar-refractivity contribution in [3.05, 3.63) is 92.3 Å². The third-order valence-corrected chi connectivity index (χ3v) is 7.14. The Bertz CT molecular complexity index is 1390. The minimum Gasteiger partial charge on any atom is -0.493 e. The van der Waals surface area contributed by atoms with Crippen molar-refractivity contribution >= 4 is 65.7 Å². The number of amides is 1. The van der Waals surface area contributed by atoms with Gasteiger partial charge in [-0.2, -0.15) is 13.5 Å². The quantitative estimate of drug-likeness (QED) is 0.125. The molecule has 3 aromatic carbocycles. The largest absolute Gasteiger partial charge is 0.493 e. The maximum atomic E-state index is 12.6. The summed E-state index contributed by atoms with van der Waals surface area (Å²) in [6, 6.07) is 13.5. The number of nitrogens with one attached hydrogen (secondary N) is 1. The summed E-state index contributed by atoms with van der Waals surface area (Å²) in [5, 5.41) is 4.37. The van der Waals surface area contributed by atoms with E-state index in [-0.39, 0.29) is 10.6 Å². The lowest BCUT2D eigenvalue weighted by molar-refractivity contribution is 0.0954. The van der Waals surface area contributed by atoms with E-state index in [1.807, 2.05) is 0 Å². The first kappa shape index (κ1) is 27.7. The van der Waals surface area contributed by atoms with Crippen molar-refractivity contribution in [2.45, 2.75) is 4.90 Å². The Hall–Kier alpha value is -2.86. The van der Waals surface area contributed by atoms with Crippen LogP contribution in [0.1, 0.15) is 15.9 Å². The zero-order chi connectivity index (χ0) is 26.3. The Morgan fingerprint density at radius 3 is 2.36 bits per heavy atom. The zero-order valence-corrected chi connectivity index (χ0v) is 23.4. The maximum Gasteiger partial charge on any atom is 0.339 e. The number of rotatable bonds is 10. The van der Waals surface area contributed by atoms with Crippen LogP contribution in [0.25, 0.3) is 0 Å². The first-order valence-corrected chi connectivity index (χ1v) is 13.5. The highest BCUT2D eigenvalue weighted by atomic mass is 79.9. The van der Waals surface area contributed by atoms with Crippen molar-refractivity contribution in [3.63, 3.8) is 0 Å². The number of hydrazone groups is 1. The van der Waals surface area contributed by atoms with Crippen LogP contribution in [0.15, 0.2) is 86.2 Å². The number of carbonyl (C=O) groups is 1. The van der Waals surface area contributed by atoms with Gasteiger partial charge in [0.05, 0.1) is 22.3 Å². The van der Waals surface area contributed by atoms with E-state index in [0.717, 1.165) is 0 Å². The van der Waals surface area contributed by atoms with Crippen LogP contribution in [0.5, 0.6) is 17.2 Å². The van der Waals surface area contributed by atoms with Crippen LogP contribution in [-0.2, 0) is 10.1 Å². The third kappa shape index (κ3) is 7.10. The topological polar surface area (TPSA) is 103 Å². The summed E-state index contributed by atoms with van der Waals surface area (Å²) in [5.41, 5.74) is 3.29. The minimum absolute atomic E-state index is 0.0454. The normalized spacial score (nSPS) is 11.2. The SMILES string of the molecule is C=CCOc1ccc(C(=O)N/N=C/c2cc(Br)c(OS(=O)(=O)c3ccc(Cl)cc3)c(Br)c2)cc1OC. The number of nitrogens with zero attached hydrogens (tertiary/aromatic N) is 1. The molecule has 0 saturated carbocycles. The molecule has 0 aromatic heterocycles. The second kappa shape index (κ2) is 12.4. The molecule has 0 bridgehead atoms. The van der Waals surface area contributed by atoms with Gasteiger partial charge >= 0.3 is 10.1 Å². The predicted molar refractivity (Wildman–Crippen MR) is 145 cm³/mol. The highest BCUT2D eigenvalue weighted by Gasteiger charge is 2.20. The number of benzene rings is 3. The summed E-state index contributed by atoms with van der Waals surface area (Å²) in [6.45, 7) is 3.89. The van der Waals surface area contributed by atoms with Crippen LogP contribution < -0.4 is 19.1 Å². The second-order valence-electron chi connectivity index (χ2n) is 6.97. The van der Waals surface area contributed by atoms with E-state index in [1.54, 1.807) is 30.3 Å². The lowest BCUT2D eigenvalue weighted by Gasteiger charge is -2.11. The maximum absolute atomic E-state index is 12.6. The van der Waals surface area contributed by atoms with Gasteiger partial charge in [-0.1, -0.05) is 24.3 Å². The molecule has 3 aromatic rings. The van der Waals surface area contributed by atoms with Crippen LogP contribution in [0.3, 0.4) is 0 Å². The molecule has 12 heteroatoms. The van der Waals surface area contributed by atoms with E-state index in [1.165, 1.54) is 43.7 Å². The molecule has 0 fully saturated rings. The third-order valence-electron chi connectivity index (χ3n) is 4.48. The van der Waals surface area contributed by atoms with Gasteiger partial charge in [0.2, 0.25) is 0 Å². The summed E-state index contributed by atoms with van der Waals surface area (Å²) in [4.78, 5) is 12.4. The fourth-order valence-electron chi connectivity index (χ4n) is 2.80. The van der Waals surface area contributed by atoms with Gasteiger partial charge in [0.15, 0.2) is 17.2 Å². The minimum atomic E-state index is -4.09. The molecule has 0 spiro atoms. The summed E-state index contributed by atoms with van der Waals surface area (Å²) >= 11 is 12.4. The van der Waals surface area contributed by atoms with Crippen molar-refractivity contribution in [3.8, 4) is 17.2 Å². The molecule has 0 saturated heterocycles. The zero-order valence-electron chi connectivity index (χ0n) is 18.7. The Labute approximate surface area is 230 Å². The summed E-state index contributed by atoms with van der Waals surface area (Å²) in [5.74, 6) is 0.460. The number of methoxy groups -OCH3 is 1. The van der Waals surface area contributed by atoms with Crippen LogP contribution >= 0.6 is 43.5 Å². The Morgan fingerprint density at radius 1 is 1.08 bits per heavy atom. The molecule has 3 rings (SSSR count). The van der Waals surface area contributed by atoms with Gasteiger partial charge in [0, 0.05) is 10.6 Å². The van der Waals surface area contributed by atoms with Gasteiger partial charge in [-0.05, 0) is 92.0 Å². The number of carbonyl (C=O) groups excluding carboxylic acids is 1. The van der Waals surface area contributed by atoms with E-state index in [0.29, 0.717) is 43.2 Å². The molecule has 1 amide bonds. The van der Waals surface area contributed by atoms with Crippen molar-refractivity contribution in [2.75, 3.05) is 13.7 Å². The van der Waals surface area contributed by atoms with Gasteiger partial charge < -0.3 is 13.7 Å². The lowest BCUT2D eigenvalue weighted by Crippen LogP contribution is -2.17. The van der Waals surface area contributed by atoms with E-state index in [2.05, 4.69) is 49.0 Å². The average molecular weight is 659 g/mol. The van der Waals surface area contributed by atoms with E-state index < -0.39 is 16.0 Å². The van der Waals surface area contributed by atoms with Crippen molar-refractivity contribution in [1.82, 2.24) is 5.43 Å². The van der Waals surface area contributed by atoms with E-state index in [4.69, 9.17) is 25.3 Å². The molecule has 36 heavy (non-hydrogen) atoms. The predicted octanol–water partition coefficient (Wildman–Crippen LogP) is 5.97. The highest BCUT2D eigenvalue weighted by Crippen LogP contribution is 2.36. The van der Waals surface area contributed by atoms with Crippen LogP contribution in [0.4, 0.5) is 0 Å². The highest BCUT2D eigenvalue weighted by molar-refractivity contribution is 9.11. The summed E-state index contributed by atoms with van der Waals surface area (Å²) < 4.78 is 41.9. The summed E-state index contributed by atoms with van der Waals surface area (Å²) in [7, 11) is -2.62. The molecule has 8 nitrogen and oxygen atoms in total. The molecule has 0 heterocycles. The summed E-state index contributed by atoms with van der Waals surface area (Å²) in [6.07, 6.45) is 2.99. The molecule has 0 radical (unpaired) electrons. The van der Waals surface area contributed by atoms with Crippen LogP contribution in [0.2, 0.25) is 5.02 Å². The smallest absolute Gasteiger partial charge is 0.339 e. The van der Waals surface area contributed by atoms with E-state index >= 15 is 0 Å². The van der Waals surface area contributed by atoms with Crippen molar-refractivity contribution in [1.29, 1.82) is 0 Å². The lowest BCUT2D eigenvalue weighted by atomic mass is 10.2. The number of hydrogen-bond donors (Lipinski definition) is 1. The first-order valence-electron chi connectivity index (χ1n) is 10.1. The molecule has 0 aliphatic rings. The molecule has 188 valence electrons. The number of halogens is 3. The van der Waals surface area contributed by atoms with Gasteiger partial charge in [0.1, 0.15) is 11.5 Å². The molecule has 0 aliphatic carbocycles. The first-order chi connectivity index (χ1) is 17.1. The monoisotopic (exact) mass is 656 g/mol. The molecular formula is C24H19Br2ClN2O6S. The van der Waals surface area contributed by atoms with Crippen molar-refractivity contribution in [2.24, 2.45) is 5.10 Å².